The smallest absolute Gasteiger partial charge is 0.193 e. The van der Waals surface area contributed by atoms with Crippen LogP contribution >= 0.6 is 27.5 Å². The van der Waals surface area contributed by atoms with Crippen LogP contribution in [0.25, 0.3) is 10.8 Å². The van der Waals surface area contributed by atoms with E-state index in [2.05, 4.69) is 40.2 Å². The second-order valence-corrected chi connectivity index (χ2v) is 8.41. The predicted molar refractivity (Wildman–Crippen MR) is 114 cm³/mol. The van der Waals surface area contributed by atoms with Gasteiger partial charge in [0.05, 0.1) is 0 Å². The number of halogens is 2. The number of alkyl halides is 1. The average Bonchev–Trinajstić information content (AvgIpc) is 2.71. The Kier molecular flexibility index (Phi) is 3.75. The molecule has 0 N–H and O–H groups in total. The lowest BCUT2D eigenvalue weighted by Crippen LogP contribution is -2.31. The van der Waals surface area contributed by atoms with Crippen molar-refractivity contribution in [3.05, 3.63) is 118 Å². The fourth-order valence-corrected chi connectivity index (χ4v) is 5.10. The maximum Gasteiger partial charge on any atom is 0.193 e. The molecule has 1 aliphatic carbocycles. The van der Waals surface area contributed by atoms with Crippen molar-refractivity contribution in [3.8, 4) is 0 Å². The van der Waals surface area contributed by atoms with E-state index in [1.165, 1.54) is 0 Å². The molecule has 0 spiro atoms. The molecule has 3 heteroatoms. The first kappa shape index (κ1) is 16.7. The van der Waals surface area contributed by atoms with E-state index < -0.39 is 4.32 Å². The number of hydrogen-bond donors (Lipinski definition) is 0. The molecular formula is C24H14BrClO. The van der Waals surface area contributed by atoms with Crippen molar-refractivity contribution in [2.75, 3.05) is 0 Å². The fraction of sp³-hybridized carbons (Fsp3) is 0.0417. The number of fused-ring (bicyclic) bond motifs is 3. The summed E-state index contributed by atoms with van der Waals surface area (Å²) in [6.45, 7) is 0. The van der Waals surface area contributed by atoms with E-state index >= 15 is 0 Å². The van der Waals surface area contributed by atoms with E-state index in [0.717, 1.165) is 27.5 Å². The Morgan fingerprint density at radius 1 is 0.704 bits per heavy atom. The van der Waals surface area contributed by atoms with Gasteiger partial charge in [0.2, 0.25) is 0 Å². The molecule has 0 aromatic heterocycles. The Morgan fingerprint density at radius 2 is 1.33 bits per heavy atom. The molecule has 0 radical (unpaired) electrons. The van der Waals surface area contributed by atoms with Crippen LogP contribution in [-0.2, 0) is 4.32 Å². The van der Waals surface area contributed by atoms with Crippen molar-refractivity contribution in [1.29, 1.82) is 0 Å². The molecule has 27 heavy (non-hydrogen) atoms. The molecule has 1 nitrogen and oxygen atoms in total. The summed E-state index contributed by atoms with van der Waals surface area (Å²) in [6.07, 6.45) is 0. The van der Waals surface area contributed by atoms with Crippen molar-refractivity contribution in [1.82, 2.24) is 0 Å². The van der Waals surface area contributed by atoms with Crippen molar-refractivity contribution in [2.45, 2.75) is 4.32 Å². The number of benzene rings is 4. The summed E-state index contributed by atoms with van der Waals surface area (Å²) in [5, 5.41) is 2.73. The van der Waals surface area contributed by atoms with Crippen LogP contribution in [0.5, 0.6) is 0 Å². The van der Waals surface area contributed by atoms with E-state index in [1.807, 2.05) is 54.6 Å². The molecule has 5 rings (SSSR count). The van der Waals surface area contributed by atoms with Crippen LogP contribution in [0.4, 0.5) is 0 Å². The van der Waals surface area contributed by atoms with E-state index in [-0.39, 0.29) is 5.78 Å². The quantitative estimate of drug-likeness (QED) is 0.304. The maximum absolute atomic E-state index is 13.3. The summed E-state index contributed by atoms with van der Waals surface area (Å²) in [7, 11) is 0. The Hall–Kier alpha value is -2.42. The molecule has 0 saturated carbocycles. The molecule has 4 aromatic rings. The van der Waals surface area contributed by atoms with Gasteiger partial charge >= 0.3 is 0 Å². The van der Waals surface area contributed by atoms with E-state index in [4.69, 9.17) is 11.6 Å². The molecule has 1 unspecified atom stereocenters. The van der Waals surface area contributed by atoms with Gasteiger partial charge in [-0.2, -0.15) is 0 Å². The number of hydrogen-bond acceptors (Lipinski definition) is 1. The average molecular weight is 434 g/mol. The third-order valence-electron chi connectivity index (χ3n) is 5.27. The zero-order chi connectivity index (χ0) is 18.6. The first-order chi connectivity index (χ1) is 13.1. The summed E-state index contributed by atoms with van der Waals surface area (Å²) < 4.78 is -0.610. The van der Waals surface area contributed by atoms with Crippen LogP contribution in [0.3, 0.4) is 0 Å². The maximum atomic E-state index is 13.3. The third kappa shape index (κ3) is 2.40. The van der Waals surface area contributed by atoms with Gasteiger partial charge in [0.1, 0.15) is 4.32 Å². The molecule has 1 aliphatic rings. The van der Waals surface area contributed by atoms with Crippen LogP contribution < -0.4 is 0 Å². The standard InChI is InChI=1S/C24H14BrClO/c25-24(17-8-2-1-3-9-17)21-11-10-18(26)14-20(21)23(27)19-12-15-6-4-5-7-16(15)13-22(19)24/h1-14H. The molecule has 0 bridgehead atoms. The highest BCUT2D eigenvalue weighted by Gasteiger charge is 2.43. The largest absolute Gasteiger partial charge is 0.289 e. The molecule has 0 fully saturated rings. The summed E-state index contributed by atoms with van der Waals surface area (Å²) in [6, 6.07) is 28.0. The van der Waals surface area contributed by atoms with Crippen LogP contribution in [0.2, 0.25) is 5.02 Å². The van der Waals surface area contributed by atoms with Crippen LogP contribution in [-0.4, -0.2) is 5.78 Å². The highest BCUT2D eigenvalue weighted by atomic mass is 79.9. The zero-order valence-corrected chi connectivity index (χ0v) is 16.6. The lowest BCUT2D eigenvalue weighted by Gasteiger charge is -2.36. The van der Waals surface area contributed by atoms with Crippen LogP contribution in [0.1, 0.15) is 32.6 Å². The van der Waals surface area contributed by atoms with Crippen LogP contribution in [0, 0.1) is 0 Å². The first-order valence-electron chi connectivity index (χ1n) is 8.71. The second kappa shape index (κ2) is 6.05. The zero-order valence-electron chi connectivity index (χ0n) is 14.2. The number of rotatable bonds is 1. The summed E-state index contributed by atoms with van der Waals surface area (Å²) >= 11 is 10.3. The highest BCUT2D eigenvalue weighted by Crippen LogP contribution is 2.51. The van der Waals surface area contributed by atoms with E-state index in [9.17, 15) is 4.79 Å². The molecule has 1 atom stereocenters. The molecule has 0 amide bonds. The Labute approximate surface area is 170 Å². The Balaban J connectivity index is 1.93. The van der Waals surface area contributed by atoms with Gasteiger partial charge in [0.25, 0.3) is 0 Å². The highest BCUT2D eigenvalue weighted by molar-refractivity contribution is 9.10. The lowest BCUT2D eigenvalue weighted by atomic mass is 9.73. The van der Waals surface area contributed by atoms with Gasteiger partial charge in [0, 0.05) is 16.1 Å². The predicted octanol–water partition coefficient (Wildman–Crippen LogP) is 6.72. The van der Waals surface area contributed by atoms with Crippen molar-refractivity contribution < 1.29 is 4.79 Å². The molecule has 0 saturated heterocycles. The normalized spacial score (nSPS) is 18.2. The molecule has 0 heterocycles. The monoisotopic (exact) mass is 432 g/mol. The van der Waals surface area contributed by atoms with Gasteiger partial charge < -0.3 is 0 Å². The summed E-state index contributed by atoms with van der Waals surface area (Å²) in [5.74, 6) is 0.0132. The SMILES string of the molecule is O=C1c2cc(Cl)ccc2C(Br)(c2ccccc2)c2cc3ccccc3cc21. The van der Waals surface area contributed by atoms with E-state index in [1.54, 1.807) is 6.07 Å². The topological polar surface area (TPSA) is 17.1 Å². The van der Waals surface area contributed by atoms with Gasteiger partial charge in [-0.1, -0.05) is 88.2 Å². The Bertz CT molecular complexity index is 1220. The van der Waals surface area contributed by atoms with E-state index in [0.29, 0.717) is 16.1 Å². The van der Waals surface area contributed by atoms with Gasteiger partial charge in [-0.25, -0.2) is 0 Å². The molecule has 130 valence electrons. The number of carbonyl (C=O) groups is 1. The van der Waals surface area contributed by atoms with Crippen molar-refractivity contribution >= 4 is 44.1 Å². The summed E-state index contributed by atoms with van der Waals surface area (Å²) in [4.78, 5) is 13.3. The van der Waals surface area contributed by atoms with Gasteiger partial charge in [0.15, 0.2) is 5.78 Å². The third-order valence-corrected chi connectivity index (χ3v) is 6.82. The van der Waals surface area contributed by atoms with Gasteiger partial charge in [-0.3, -0.25) is 4.79 Å². The summed E-state index contributed by atoms with van der Waals surface area (Å²) in [5.41, 5.74) is 4.32. The van der Waals surface area contributed by atoms with Gasteiger partial charge in [-0.15, -0.1) is 0 Å². The second-order valence-electron chi connectivity index (χ2n) is 6.79. The van der Waals surface area contributed by atoms with Crippen molar-refractivity contribution in [3.63, 3.8) is 0 Å². The molecule has 0 aliphatic heterocycles. The van der Waals surface area contributed by atoms with Gasteiger partial charge in [-0.05, 0) is 51.7 Å². The fourth-order valence-electron chi connectivity index (χ4n) is 3.99. The van der Waals surface area contributed by atoms with Crippen molar-refractivity contribution in [2.24, 2.45) is 0 Å². The number of ketones is 1. The number of carbonyl (C=O) groups excluding carboxylic acids is 1. The minimum Gasteiger partial charge on any atom is -0.289 e. The van der Waals surface area contributed by atoms with Crippen LogP contribution in [0.15, 0.2) is 84.9 Å². The minimum atomic E-state index is -0.610. The minimum absolute atomic E-state index is 0.0132. The lowest BCUT2D eigenvalue weighted by molar-refractivity contribution is 0.103. The molecule has 4 aromatic carbocycles. The molecular weight excluding hydrogens is 420 g/mol. The Morgan fingerprint density at radius 3 is 2.07 bits per heavy atom. The first-order valence-corrected chi connectivity index (χ1v) is 9.88.